The van der Waals surface area contributed by atoms with Gasteiger partial charge in [0.15, 0.2) is 16.0 Å². The molecule has 0 aliphatic carbocycles. The van der Waals surface area contributed by atoms with E-state index in [4.69, 9.17) is 13.8 Å². The van der Waals surface area contributed by atoms with Crippen molar-refractivity contribution in [3.8, 4) is 11.7 Å². The van der Waals surface area contributed by atoms with Crippen LogP contribution in [0.15, 0.2) is 72.6 Å². The maximum absolute atomic E-state index is 6.09. The highest BCUT2D eigenvalue weighted by molar-refractivity contribution is 9.10. The Labute approximate surface area is 153 Å². The fourth-order valence-electron chi connectivity index (χ4n) is 3.11. The van der Waals surface area contributed by atoms with Gasteiger partial charge < -0.3 is 8.83 Å². The van der Waals surface area contributed by atoms with Gasteiger partial charge in [0.25, 0.3) is 5.89 Å². The minimum absolute atomic E-state index is 0.480. The Morgan fingerprint density at radius 3 is 2.33 bits per heavy atom. The van der Waals surface area contributed by atoms with Crippen LogP contribution in [0.5, 0.6) is 0 Å². The number of rotatable bonds is 1. The Kier molecular flexibility index (Phi) is 3.08. The molecule has 2 heterocycles. The molecular weight excluding hydrogens is 434 g/mol. The van der Waals surface area contributed by atoms with Crippen LogP contribution < -0.4 is 0 Å². The van der Waals surface area contributed by atoms with Crippen LogP contribution in [0.1, 0.15) is 0 Å². The Hall–Kier alpha value is -2.11. The molecule has 0 saturated heterocycles. The lowest BCUT2D eigenvalue weighted by Gasteiger charge is -2.06. The van der Waals surface area contributed by atoms with Gasteiger partial charge >= 0.3 is 0 Å². The van der Waals surface area contributed by atoms with Crippen molar-refractivity contribution in [3.05, 3.63) is 63.7 Å². The largest absolute Gasteiger partial charge is 0.444 e. The smallest absolute Gasteiger partial charge is 0.264 e. The van der Waals surface area contributed by atoms with Crippen LogP contribution in [-0.4, -0.2) is 4.98 Å². The zero-order valence-electron chi connectivity index (χ0n) is 12.2. The topological polar surface area (TPSA) is 39.2 Å². The first kappa shape index (κ1) is 14.3. The molecular formula is C19H9Br2NO2. The summed E-state index contributed by atoms with van der Waals surface area (Å²) in [6.07, 6.45) is 0. The SMILES string of the molecule is Brc1ccc(-c2nc3c4cccc(Br)c4c4ccccc4c3o2)o1. The molecule has 3 nitrogen and oxygen atoms in total. The molecule has 3 aromatic carbocycles. The van der Waals surface area contributed by atoms with E-state index in [1.54, 1.807) is 0 Å². The summed E-state index contributed by atoms with van der Waals surface area (Å²) in [6, 6.07) is 18.0. The zero-order valence-corrected chi connectivity index (χ0v) is 15.4. The number of aromatic nitrogens is 1. The van der Waals surface area contributed by atoms with Crippen LogP contribution >= 0.6 is 31.9 Å². The van der Waals surface area contributed by atoms with Gasteiger partial charge in [0.05, 0.1) is 0 Å². The van der Waals surface area contributed by atoms with Gasteiger partial charge in [-0.15, -0.1) is 0 Å². The Morgan fingerprint density at radius 2 is 1.54 bits per heavy atom. The van der Waals surface area contributed by atoms with E-state index in [0.29, 0.717) is 16.3 Å². The Bertz CT molecular complexity index is 1240. The number of hydrogen-bond donors (Lipinski definition) is 0. The predicted octanol–water partition coefficient (Wildman–Crippen LogP) is 6.92. The molecule has 5 aromatic rings. The van der Waals surface area contributed by atoms with E-state index in [9.17, 15) is 0 Å². The maximum Gasteiger partial charge on any atom is 0.264 e. The van der Waals surface area contributed by atoms with Crippen LogP contribution in [-0.2, 0) is 0 Å². The highest BCUT2D eigenvalue weighted by Gasteiger charge is 2.18. The lowest BCUT2D eigenvalue weighted by molar-refractivity contribution is 0.519. The average Bonchev–Trinajstić information content (AvgIpc) is 3.21. The van der Waals surface area contributed by atoms with E-state index in [1.165, 1.54) is 0 Å². The summed E-state index contributed by atoms with van der Waals surface area (Å²) >= 11 is 7.00. The van der Waals surface area contributed by atoms with Gasteiger partial charge in [-0.3, -0.25) is 0 Å². The molecule has 0 bridgehead atoms. The zero-order chi connectivity index (χ0) is 16.3. The number of furan rings is 1. The lowest BCUT2D eigenvalue weighted by Crippen LogP contribution is -1.82. The summed E-state index contributed by atoms with van der Waals surface area (Å²) in [4.78, 5) is 4.71. The van der Waals surface area contributed by atoms with Gasteiger partial charge in [-0.1, -0.05) is 52.3 Å². The van der Waals surface area contributed by atoms with Crippen molar-refractivity contribution in [1.29, 1.82) is 0 Å². The van der Waals surface area contributed by atoms with Crippen molar-refractivity contribution in [1.82, 2.24) is 4.98 Å². The maximum atomic E-state index is 6.09. The quantitative estimate of drug-likeness (QED) is 0.264. The van der Waals surface area contributed by atoms with E-state index in [1.807, 2.05) is 36.4 Å². The molecule has 0 aliphatic heterocycles. The molecule has 0 N–H and O–H groups in total. The molecule has 0 unspecified atom stereocenters. The third kappa shape index (κ3) is 1.98. The van der Waals surface area contributed by atoms with Crippen molar-refractivity contribution >= 4 is 64.5 Å². The van der Waals surface area contributed by atoms with Crippen molar-refractivity contribution in [2.75, 3.05) is 0 Å². The minimum atomic E-state index is 0.480. The second-order valence-corrected chi connectivity index (χ2v) is 7.14. The standard InChI is InChI=1S/C19H9Br2NO2/c20-13-7-3-6-12-16(13)10-4-1-2-5-11(10)18-17(12)22-19(24-18)14-8-9-15(21)23-14/h1-9H. The van der Waals surface area contributed by atoms with Gasteiger partial charge in [-0.25, -0.2) is 4.98 Å². The first-order valence-electron chi connectivity index (χ1n) is 7.37. The van der Waals surface area contributed by atoms with E-state index >= 15 is 0 Å². The van der Waals surface area contributed by atoms with Gasteiger partial charge in [0.2, 0.25) is 0 Å². The molecule has 0 aliphatic rings. The van der Waals surface area contributed by atoms with Crippen LogP contribution in [0.25, 0.3) is 44.3 Å². The fourth-order valence-corrected chi connectivity index (χ4v) is 4.00. The van der Waals surface area contributed by atoms with Crippen LogP contribution in [0.3, 0.4) is 0 Å². The second-order valence-electron chi connectivity index (χ2n) is 5.51. The number of hydrogen-bond acceptors (Lipinski definition) is 3. The first-order chi connectivity index (χ1) is 11.7. The molecule has 0 fully saturated rings. The van der Waals surface area contributed by atoms with E-state index in [-0.39, 0.29) is 0 Å². The third-order valence-electron chi connectivity index (χ3n) is 4.12. The molecule has 2 aromatic heterocycles. The number of nitrogens with zero attached hydrogens (tertiary/aromatic N) is 1. The van der Waals surface area contributed by atoms with Gasteiger partial charge in [-0.05, 0) is 39.5 Å². The van der Waals surface area contributed by atoms with Crippen LogP contribution in [0.2, 0.25) is 0 Å². The first-order valence-corrected chi connectivity index (χ1v) is 8.96. The summed E-state index contributed by atoms with van der Waals surface area (Å²) in [5.41, 5.74) is 1.62. The monoisotopic (exact) mass is 441 g/mol. The number of oxazole rings is 1. The highest BCUT2D eigenvalue weighted by Crippen LogP contribution is 2.40. The number of benzene rings is 3. The minimum Gasteiger partial charge on any atom is -0.444 e. The van der Waals surface area contributed by atoms with E-state index in [2.05, 4.69) is 50.1 Å². The normalized spacial score (nSPS) is 11.8. The lowest BCUT2D eigenvalue weighted by atomic mass is 10.0. The molecule has 0 radical (unpaired) electrons. The molecule has 0 saturated carbocycles. The average molecular weight is 443 g/mol. The van der Waals surface area contributed by atoms with Crippen molar-refractivity contribution < 1.29 is 8.83 Å². The van der Waals surface area contributed by atoms with E-state index in [0.717, 1.165) is 37.1 Å². The Balaban J connectivity index is 2.00. The third-order valence-corrected chi connectivity index (χ3v) is 5.21. The van der Waals surface area contributed by atoms with Crippen molar-refractivity contribution in [3.63, 3.8) is 0 Å². The summed E-state index contributed by atoms with van der Waals surface area (Å²) in [5, 5.41) is 4.37. The highest BCUT2D eigenvalue weighted by atomic mass is 79.9. The van der Waals surface area contributed by atoms with Crippen LogP contribution in [0, 0.1) is 0 Å². The molecule has 0 amide bonds. The number of halogens is 2. The molecule has 0 atom stereocenters. The second kappa shape index (κ2) is 5.19. The predicted molar refractivity (Wildman–Crippen MR) is 102 cm³/mol. The van der Waals surface area contributed by atoms with E-state index < -0.39 is 0 Å². The van der Waals surface area contributed by atoms with Gasteiger partial charge in [-0.2, -0.15) is 0 Å². The summed E-state index contributed by atoms with van der Waals surface area (Å²) in [5.74, 6) is 1.08. The molecule has 24 heavy (non-hydrogen) atoms. The Morgan fingerprint density at radius 1 is 0.750 bits per heavy atom. The number of fused-ring (bicyclic) bond motifs is 6. The molecule has 5 rings (SSSR count). The van der Waals surface area contributed by atoms with Gasteiger partial charge in [0, 0.05) is 20.6 Å². The summed E-state index contributed by atoms with van der Waals surface area (Å²) < 4.78 is 13.4. The summed E-state index contributed by atoms with van der Waals surface area (Å²) in [7, 11) is 0. The summed E-state index contributed by atoms with van der Waals surface area (Å²) in [6.45, 7) is 0. The van der Waals surface area contributed by atoms with Crippen molar-refractivity contribution in [2.45, 2.75) is 0 Å². The van der Waals surface area contributed by atoms with Gasteiger partial charge in [0.1, 0.15) is 5.52 Å². The molecule has 0 spiro atoms. The molecule has 116 valence electrons. The van der Waals surface area contributed by atoms with Crippen molar-refractivity contribution in [2.24, 2.45) is 0 Å². The van der Waals surface area contributed by atoms with Crippen LogP contribution in [0.4, 0.5) is 0 Å². The fraction of sp³-hybridized carbons (Fsp3) is 0. The molecule has 5 heteroatoms.